The van der Waals surface area contributed by atoms with Gasteiger partial charge in [0, 0.05) is 33.8 Å². The Balaban J connectivity index is 1.69. The number of para-hydroxylation sites is 1. The fourth-order valence-electron chi connectivity index (χ4n) is 3.00. The number of non-ortho nitro benzene ring substituents is 1. The lowest BCUT2D eigenvalue weighted by Gasteiger charge is -2.08. The van der Waals surface area contributed by atoms with Crippen LogP contribution >= 0.6 is 11.6 Å². The second-order valence-electron chi connectivity index (χ2n) is 6.52. The first-order valence-electron chi connectivity index (χ1n) is 9.06. The minimum absolute atomic E-state index is 0.0727. The molecule has 0 spiro atoms. The zero-order valence-corrected chi connectivity index (χ0v) is 16.6. The molecule has 8 nitrogen and oxygen atoms in total. The zero-order chi connectivity index (χ0) is 22.0. The summed E-state index contributed by atoms with van der Waals surface area (Å²) in [5.41, 5.74) is 0.913. The maximum absolute atomic E-state index is 12.9. The largest absolute Gasteiger partial charge is 0.449 e. The summed E-state index contributed by atoms with van der Waals surface area (Å²) in [7, 11) is 0. The van der Waals surface area contributed by atoms with Crippen molar-refractivity contribution in [3.8, 4) is 0 Å². The Kier molecular flexibility index (Phi) is 5.38. The molecule has 1 aromatic heterocycles. The molecule has 0 radical (unpaired) electrons. The van der Waals surface area contributed by atoms with Crippen molar-refractivity contribution < 1.29 is 18.9 Å². The van der Waals surface area contributed by atoms with Gasteiger partial charge in [-0.2, -0.15) is 0 Å². The van der Waals surface area contributed by atoms with Crippen LogP contribution in [0.25, 0.3) is 11.0 Å². The van der Waals surface area contributed by atoms with Crippen molar-refractivity contribution in [2.24, 2.45) is 0 Å². The van der Waals surface area contributed by atoms with E-state index in [0.717, 1.165) is 6.07 Å². The number of nitro benzene ring substituents is 1. The van der Waals surface area contributed by atoms with Crippen LogP contribution in [0.4, 0.5) is 17.1 Å². The minimum Gasteiger partial charge on any atom is -0.449 e. The topological polar surface area (TPSA) is 114 Å². The maximum atomic E-state index is 12.9. The van der Waals surface area contributed by atoms with Crippen molar-refractivity contribution in [1.82, 2.24) is 0 Å². The first-order chi connectivity index (χ1) is 14.9. The maximum Gasteiger partial charge on any atom is 0.293 e. The number of anilines is 2. The van der Waals surface area contributed by atoms with E-state index in [2.05, 4.69) is 10.6 Å². The minimum atomic E-state index is -0.615. The Bertz CT molecular complexity index is 1310. The van der Waals surface area contributed by atoms with Crippen LogP contribution in [-0.2, 0) is 0 Å². The molecule has 0 aliphatic rings. The Morgan fingerprint density at radius 2 is 1.65 bits per heavy atom. The van der Waals surface area contributed by atoms with Gasteiger partial charge in [0.1, 0.15) is 11.3 Å². The van der Waals surface area contributed by atoms with Crippen molar-refractivity contribution in [2.75, 3.05) is 10.6 Å². The quantitative estimate of drug-likeness (QED) is 0.317. The molecule has 3 aromatic carbocycles. The van der Waals surface area contributed by atoms with Crippen LogP contribution in [0.2, 0.25) is 5.02 Å². The van der Waals surface area contributed by atoms with Crippen LogP contribution < -0.4 is 10.6 Å². The number of benzene rings is 3. The molecule has 154 valence electrons. The van der Waals surface area contributed by atoms with Crippen molar-refractivity contribution in [3.63, 3.8) is 0 Å². The lowest BCUT2D eigenvalue weighted by atomic mass is 10.1. The molecule has 4 aromatic rings. The predicted octanol–water partition coefficient (Wildman–Crippen LogP) is 5.50. The van der Waals surface area contributed by atoms with Crippen molar-refractivity contribution in [2.45, 2.75) is 0 Å². The van der Waals surface area contributed by atoms with E-state index < -0.39 is 16.7 Å². The van der Waals surface area contributed by atoms with E-state index in [1.165, 1.54) is 18.2 Å². The van der Waals surface area contributed by atoms with Gasteiger partial charge in [0.2, 0.25) is 5.76 Å². The van der Waals surface area contributed by atoms with Crippen LogP contribution in [0, 0.1) is 10.1 Å². The van der Waals surface area contributed by atoms with Gasteiger partial charge in [0.15, 0.2) is 0 Å². The Morgan fingerprint density at radius 1 is 0.903 bits per heavy atom. The Morgan fingerprint density at radius 3 is 2.39 bits per heavy atom. The van der Waals surface area contributed by atoms with Crippen LogP contribution in [0.1, 0.15) is 20.9 Å². The van der Waals surface area contributed by atoms with E-state index >= 15 is 0 Å². The highest BCUT2D eigenvalue weighted by Gasteiger charge is 2.23. The van der Waals surface area contributed by atoms with E-state index in [1.807, 2.05) is 0 Å². The summed E-state index contributed by atoms with van der Waals surface area (Å²) in [4.78, 5) is 36.1. The second-order valence-corrected chi connectivity index (χ2v) is 6.96. The smallest absolute Gasteiger partial charge is 0.293 e. The molecule has 4 rings (SSSR count). The summed E-state index contributed by atoms with van der Waals surface area (Å²) < 4.78 is 5.69. The number of rotatable bonds is 5. The summed E-state index contributed by atoms with van der Waals surface area (Å²) >= 11 is 5.87. The summed E-state index contributed by atoms with van der Waals surface area (Å²) in [5, 5.41) is 17.4. The van der Waals surface area contributed by atoms with Gasteiger partial charge in [-0.15, -0.1) is 0 Å². The van der Waals surface area contributed by atoms with Crippen LogP contribution in [0.15, 0.2) is 77.2 Å². The first-order valence-corrected chi connectivity index (χ1v) is 9.44. The molecular formula is C22H14ClN3O5. The van der Waals surface area contributed by atoms with E-state index in [0.29, 0.717) is 21.7 Å². The first kappa shape index (κ1) is 20.1. The van der Waals surface area contributed by atoms with Gasteiger partial charge in [-0.3, -0.25) is 19.7 Å². The number of carbonyl (C=O) groups is 2. The number of hydrogen-bond acceptors (Lipinski definition) is 5. The van der Waals surface area contributed by atoms with Crippen LogP contribution in [0.5, 0.6) is 0 Å². The fraction of sp³-hybridized carbons (Fsp3) is 0. The highest BCUT2D eigenvalue weighted by atomic mass is 35.5. The van der Waals surface area contributed by atoms with Crippen molar-refractivity contribution >= 4 is 51.4 Å². The number of nitrogens with one attached hydrogen (secondary N) is 2. The van der Waals surface area contributed by atoms with Gasteiger partial charge in [-0.05, 0) is 42.5 Å². The molecular weight excluding hydrogens is 422 g/mol. The molecule has 0 unspecified atom stereocenters. The van der Waals surface area contributed by atoms with Crippen molar-refractivity contribution in [1.29, 1.82) is 0 Å². The van der Waals surface area contributed by atoms with Gasteiger partial charge in [0.05, 0.1) is 4.92 Å². The average Bonchev–Trinajstić information content (AvgIpc) is 3.14. The van der Waals surface area contributed by atoms with E-state index in [9.17, 15) is 19.7 Å². The molecule has 0 saturated heterocycles. The van der Waals surface area contributed by atoms with Crippen LogP contribution in [-0.4, -0.2) is 16.7 Å². The number of furan rings is 1. The highest BCUT2D eigenvalue weighted by molar-refractivity contribution is 6.30. The Labute approximate surface area is 180 Å². The van der Waals surface area contributed by atoms with Gasteiger partial charge in [-0.1, -0.05) is 29.8 Å². The molecule has 0 aliphatic heterocycles. The monoisotopic (exact) mass is 435 g/mol. The van der Waals surface area contributed by atoms with Crippen LogP contribution in [0.3, 0.4) is 0 Å². The van der Waals surface area contributed by atoms with Gasteiger partial charge < -0.3 is 15.1 Å². The number of amides is 2. The lowest BCUT2D eigenvalue weighted by molar-refractivity contribution is -0.384. The van der Waals surface area contributed by atoms with E-state index in [4.69, 9.17) is 16.0 Å². The molecule has 31 heavy (non-hydrogen) atoms. The summed E-state index contributed by atoms with van der Waals surface area (Å²) in [6.07, 6.45) is 0. The third-order valence-electron chi connectivity index (χ3n) is 4.46. The fourth-order valence-corrected chi connectivity index (χ4v) is 3.12. The standard InChI is InChI=1S/C22H14ClN3O5/c23-14-8-10-15(11-9-14)24-22(28)20-19(17-6-1-2-7-18(17)31-20)25-21(27)13-4-3-5-16(12-13)26(29)30/h1-12H,(H,24,28)(H,25,27). The lowest BCUT2D eigenvalue weighted by Crippen LogP contribution is -2.17. The summed E-state index contributed by atoms with van der Waals surface area (Å²) in [6.45, 7) is 0. The number of carbonyl (C=O) groups excluding carboxylic acids is 2. The second kappa shape index (κ2) is 8.29. The van der Waals surface area contributed by atoms with Crippen molar-refractivity contribution in [3.05, 3.63) is 99.3 Å². The predicted molar refractivity (Wildman–Crippen MR) is 117 cm³/mol. The van der Waals surface area contributed by atoms with Gasteiger partial charge >= 0.3 is 0 Å². The van der Waals surface area contributed by atoms with E-state index in [-0.39, 0.29) is 22.7 Å². The summed E-state index contributed by atoms with van der Waals surface area (Å²) in [5.74, 6) is -1.29. The molecule has 2 N–H and O–H groups in total. The normalized spacial score (nSPS) is 10.6. The third kappa shape index (κ3) is 4.24. The van der Waals surface area contributed by atoms with Gasteiger partial charge in [0.25, 0.3) is 17.5 Å². The molecule has 0 saturated carbocycles. The number of nitrogens with zero attached hydrogens (tertiary/aromatic N) is 1. The molecule has 0 aliphatic carbocycles. The molecule has 0 fully saturated rings. The number of nitro groups is 1. The highest BCUT2D eigenvalue weighted by Crippen LogP contribution is 2.32. The third-order valence-corrected chi connectivity index (χ3v) is 4.71. The molecule has 9 heteroatoms. The summed E-state index contributed by atoms with van der Waals surface area (Å²) in [6, 6.07) is 18.6. The number of halogens is 1. The molecule has 0 atom stereocenters. The average molecular weight is 436 g/mol. The van der Waals surface area contributed by atoms with Gasteiger partial charge in [-0.25, -0.2) is 0 Å². The molecule has 0 bridgehead atoms. The number of hydrogen-bond donors (Lipinski definition) is 2. The van der Waals surface area contributed by atoms with E-state index in [1.54, 1.807) is 48.5 Å². The number of fused-ring (bicyclic) bond motifs is 1. The Hall–Kier alpha value is -4.17. The zero-order valence-electron chi connectivity index (χ0n) is 15.8. The SMILES string of the molecule is O=C(Nc1c(C(=O)Nc2ccc(Cl)cc2)oc2ccccc12)c1cccc([N+](=O)[O-])c1. The molecule has 2 amide bonds. The molecule has 1 heterocycles.